The fourth-order valence-corrected chi connectivity index (χ4v) is 6.82. The van der Waals surface area contributed by atoms with Gasteiger partial charge >= 0.3 is 0 Å². The third-order valence-electron chi connectivity index (χ3n) is 9.03. The number of hydrogen-bond acceptors (Lipinski definition) is 2. The molecule has 0 fully saturated rings. The first-order chi connectivity index (χ1) is 22.8. The highest BCUT2D eigenvalue weighted by molar-refractivity contribution is 6.22. The summed E-state index contributed by atoms with van der Waals surface area (Å²) < 4.78 is 6.57. The van der Waals surface area contributed by atoms with Gasteiger partial charge in [-0.15, -0.1) is 0 Å². The second-order valence-corrected chi connectivity index (χ2v) is 11.8. The highest BCUT2D eigenvalue weighted by Gasteiger charge is 2.19. The SMILES string of the molecule is c1ccc(-c2ccc(N(c3ccc4ccccc4c3)c3ccc4oc5cc(-c6ccccc6)c6ccccc6c5c4c3)cc2)cc1. The summed E-state index contributed by atoms with van der Waals surface area (Å²) in [4.78, 5) is 2.35. The van der Waals surface area contributed by atoms with Gasteiger partial charge in [-0.2, -0.15) is 0 Å². The molecule has 2 heteroatoms. The van der Waals surface area contributed by atoms with Gasteiger partial charge in [0, 0.05) is 27.8 Å². The molecule has 1 heterocycles. The lowest BCUT2D eigenvalue weighted by molar-refractivity contribution is 0.669. The molecule has 1 aromatic heterocycles. The van der Waals surface area contributed by atoms with Crippen molar-refractivity contribution in [3.8, 4) is 22.3 Å². The number of anilines is 3. The minimum absolute atomic E-state index is 0.881. The van der Waals surface area contributed by atoms with Gasteiger partial charge in [0.2, 0.25) is 0 Å². The Morgan fingerprint density at radius 3 is 1.72 bits per heavy atom. The lowest BCUT2D eigenvalue weighted by Crippen LogP contribution is -2.09. The van der Waals surface area contributed by atoms with Crippen molar-refractivity contribution in [1.29, 1.82) is 0 Å². The number of benzene rings is 8. The lowest BCUT2D eigenvalue weighted by atomic mass is 9.95. The first-order valence-electron chi connectivity index (χ1n) is 15.7. The minimum Gasteiger partial charge on any atom is -0.456 e. The minimum atomic E-state index is 0.881. The van der Waals surface area contributed by atoms with Crippen LogP contribution < -0.4 is 4.90 Å². The number of nitrogens with zero attached hydrogens (tertiary/aromatic N) is 1. The van der Waals surface area contributed by atoms with Crippen LogP contribution in [-0.4, -0.2) is 0 Å². The van der Waals surface area contributed by atoms with Crippen molar-refractivity contribution < 1.29 is 4.42 Å². The topological polar surface area (TPSA) is 16.4 Å². The number of rotatable bonds is 5. The van der Waals surface area contributed by atoms with Crippen LogP contribution in [0.25, 0.3) is 65.7 Å². The number of furan rings is 1. The lowest BCUT2D eigenvalue weighted by Gasteiger charge is -2.26. The van der Waals surface area contributed by atoms with Crippen molar-refractivity contribution in [2.45, 2.75) is 0 Å². The average molecular weight is 588 g/mol. The van der Waals surface area contributed by atoms with Crippen LogP contribution >= 0.6 is 0 Å². The molecular weight excluding hydrogens is 558 g/mol. The zero-order chi connectivity index (χ0) is 30.5. The first-order valence-corrected chi connectivity index (χ1v) is 15.7. The molecule has 0 bridgehead atoms. The van der Waals surface area contributed by atoms with Gasteiger partial charge in [0.1, 0.15) is 11.2 Å². The monoisotopic (exact) mass is 587 g/mol. The summed E-state index contributed by atoms with van der Waals surface area (Å²) in [5.74, 6) is 0. The highest BCUT2D eigenvalue weighted by atomic mass is 16.3. The summed E-state index contributed by atoms with van der Waals surface area (Å²) in [6.07, 6.45) is 0. The van der Waals surface area contributed by atoms with Gasteiger partial charge in [-0.3, -0.25) is 0 Å². The van der Waals surface area contributed by atoms with Gasteiger partial charge < -0.3 is 9.32 Å². The largest absolute Gasteiger partial charge is 0.456 e. The molecule has 46 heavy (non-hydrogen) atoms. The van der Waals surface area contributed by atoms with Gasteiger partial charge in [0.25, 0.3) is 0 Å². The molecule has 0 radical (unpaired) electrons. The van der Waals surface area contributed by atoms with E-state index < -0.39 is 0 Å². The van der Waals surface area contributed by atoms with Crippen molar-refractivity contribution in [3.05, 3.63) is 176 Å². The molecule has 216 valence electrons. The summed E-state index contributed by atoms with van der Waals surface area (Å²) in [5.41, 5.74) is 9.82. The van der Waals surface area contributed by atoms with Crippen molar-refractivity contribution in [2.24, 2.45) is 0 Å². The molecule has 0 atom stereocenters. The Balaban J connectivity index is 1.25. The van der Waals surface area contributed by atoms with E-state index in [2.05, 4.69) is 181 Å². The van der Waals surface area contributed by atoms with Crippen molar-refractivity contribution in [3.63, 3.8) is 0 Å². The van der Waals surface area contributed by atoms with Crippen molar-refractivity contribution in [2.75, 3.05) is 4.90 Å². The zero-order valence-electron chi connectivity index (χ0n) is 25.1. The Hall–Kier alpha value is -6.12. The summed E-state index contributed by atoms with van der Waals surface area (Å²) in [6, 6.07) is 62.7. The molecular formula is C44H29NO. The maximum Gasteiger partial charge on any atom is 0.136 e. The third kappa shape index (κ3) is 4.43. The zero-order valence-corrected chi connectivity index (χ0v) is 25.1. The summed E-state index contributed by atoms with van der Waals surface area (Å²) >= 11 is 0. The quantitative estimate of drug-likeness (QED) is 0.199. The standard InChI is InChI=1S/C44H29NO/c1-3-11-30(12-4-1)32-19-22-35(23-20-32)45(36-24-21-31-13-7-8-16-34(31)27-36)37-25-26-42-41(28-37)44-39-18-10-9-17-38(39)40(29-43(44)46-42)33-14-5-2-6-15-33/h1-29H. The average Bonchev–Trinajstić information content (AvgIpc) is 3.50. The molecule has 0 saturated carbocycles. The van der Waals surface area contributed by atoms with Crippen LogP contribution in [0.1, 0.15) is 0 Å². The maximum atomic E-state index is 6.57. The van der Waals surface area contributed by atoms with Crippen LogP contribution in [0.5, 0.6) is 0 Å². The molecule has 0 amide bonds. The molecule has 0 N–H and O–H groups in total. The fourth-order valence-electron chi connectivity index (χ4n) is 6.82. The molecule has 0 aliphatic heterocycles. The summed E-state index contributed by atoms with van der Waals surface area (Å²) in [6.45, 7) is 0. The van der Waals surface area contributed by atoms with Gasteiger partial charge in [-0.05, 0) is 92.3 Å². The van der Waals surface area contributed by atoms with Crippen molar-refractivity contribution >= 4 is 60.5 Å². The molecule has 8 aromatic carbocycles. The van der Waals surface area contributed by atoms with E-state index in [0.717, 1.165) is 39.0 Å². The molecule has 0 saturated heterocycles. The number of fused-ring (bicyclic) bond motifs is 6. The molecule has 9 rings (SSSR count). The Morgan fingerprint density at radius 2 is 0.935 bits per heavy atom. The van der Waals surface area contributed by atoms with Crippen LogP contribution in [0.3, 0.4) is 0 Å². The normalized spacial score (nSPS) is 11.5. The summed E-state index contributed by atoms with van der Waals surface area (Å²) in [5, 5.41) is 7.10. The van der Waals surface area contributed by atoms with Crippen molar-refractivity contribution in [1.82, 2.24) is 0 Å². The number of hydrogen-bond donors (Lipinski definition) is 0. The van der Waals surface area contributed by atoms with Crippen LogP contribution in [0.4, 0.5) is 17.1 Å². The van der Waals surface area contributed by atoms with Crippen LogP contribution in [-0.2, 0) is 0 Å². The molecule has 0 unspecified atom stereocenters. The molecule has 0 aliphatic carbocycles. The summed E-state index contributed by atoms with van der Waals surface area (Å²) in [7, 11) is 0. The van der Waals surface area contributed by atoms with E-state index in [1.165, 1.54) is 43.8 Å². The van der Waals surface area contributed by atoms with Crippen LogP contribution in [0.15, 0.2) is 180 Å². The highest BCUT2D eigenvalue weighted by Crippen LogP contribution is 2.43. The predicted octanol–water partition coefficient (Wildman–Crippen LogP) is 12.7. The maximum absolute atomic E-state index is 6.57. The van der Waals surface area contributed by atoms with Gasteiger partial charge in [0.05, 0.1) is 0 Å². The molecule has 0 spiro atoms. The molecule has 2 nitrogen and oxygen atoms in total. The predicted molar refractivity (Wildman–Crippen MR) is 194 cm³/mol. The van der Waals surface area contributed by atoms with E-state index in [9.17, 15) is 0 Å². The third-order valence-corrected chi connectivity index (χ3v) is 9.03. The smallest absolute Gasteiger partial charge is 0.136 e. The van der Waals surface area contributed by atoms with E-state index in [1.54, 1.807) is 0 Å². The van der Waals surface area contributed by atoms with Gasteiger partial charge in [0.15, 0.2) is 0 Å². The van der Waals surface area contributed by atoms with E-state index in [-0.39, 0.29) is 0 Å². The Morgan fingerprint density at radius 1 is 0.348 bits per heavy atom. The first kappa shape index (κ1) is 26.3. The van der Waals surface area contributed by atoms with E-state index in [4.69, 9.17) is 4.42 Å². The second-order valence-electron chi connectivity index (χ2n) is 11.8. The Bertz CT molecular complexity index is 2510. The Kier molecular flexibility index (Phi) is 6.17. The van der Waals surface area contributed by atoms with E-state index in [0.29, 0.717) is 0 Å². The molecule has 9 aromatic rings. The van der Waals surface area contributed by atoms with E-state index in [1.807, 2.05) is 0 Å². The van der Waals surface area contributed by atoms with Crippen LogP contribution in [0, 0.1) is 0 Å². The van der Waals surface area contributed by atoms with Gasteiger partial charge in [-0.1, -0.05) is 127 Å². The second kappa shape index (κ2) is 10.8. The Labute approximate surface area is 267 Å². The van der Waals surface area contributed by atoms with Gasteiger partial charge in [-0.25, -0.2) is 0 Å². The molecule has 0 aliphatic rings. The fraction of sp³-hybridized carbons (Fsp3) is 0. The van der Waals surface area contributed by atoms with Crippen LogP contribution in [0.2, 0.25) is 0 Å². The van der Waals surface area contributed by atoms with E-state index >= 15 is 0 Å².